The van der Waals surface area contributed by atoms with Crippen LogP contribution in [-0.2, 0) is 26.9 Å². The highest BCUT2D eigenvalue weighted by atomic mass is 32.2. The molecular formula is C25H29N3O5S2. The van der Waals surface area contributed by atoms with Crippen molar-refractivity contribution in [2.75, 3.05) is 32.4 Å². The van der Waals surface area contributed by atoms with Gasteiger partial charge in [0.25, 0.3) is 5.91 Å². The molecule has 35 heavy (non-hydrogen) atoms. The number of carbonyl (C=O) groups is 1. The van der Waals surface area contributed by atoms with Gasteiger partial charge in [-0.3, -0.25) is 4.79 Å². The number of fused-ring (bicyclic) bond motifs is 1. The first kappa shape index (κ1) is 24.0. The summed E-state index contributed by atoms with van der Waals surface area (Å²) in [4.78, 5) is 15.3. The van der Waals surface area contributed by atoms with Crippen LogP contribution in [0.2, 0.25) is 0 Å². The highest BCUT2D eigenvalue weighted by Crippen LogP contribution is 2.42. The van der Waals surface area contributed by atoms with Crippen LogP contribution in [0.3, 0.4) is 0 Å². The summed E-state index contributed by atoms with van der Waals surface area (Å²) in [7, 11) is -5.20. The number of piperidine rings is 1. The molecule has 2 aliphatic heterocycles. The van der Waals surface area contributed by atoms with Crippen LogP contribution in [0.1, 0.15) is 29.8 Å². The Labute approximate surface area is 206 Å². The zero-order valence-electron chi connectivity index (χ0n) is 19.8. The highest BCUT2D eigenvalue weighted by molar-refractivity contribution is 7.90. The molecule has 10 heteroatoms. The number of rotatable bonds is 4. The van der Waals surface area contributed by atoms with E-state index in [4.69, 9.17) is 0 Å². The van der Waals surface area contributed by atoms with Crippen molar-refractivity contribution >= 4 is 36.7 Å². The average Bonchev–Trinajstić information content (AvgIpc) is 3.41. The van der Waals surface area contributed by atoms with Gasteiger partial charge >= 0.3 is 0 Å². The first-order valence-corrected chi connectivity index (χ1v) is 15.0. The lowest BCUT2D eigenvalue weighted by Gasteiger charge is -2.39. The molecule has 2 fully saturated rings. The Kier molecular flexibility index (Phi) is 5.81. The Morgan fingerprint density at radius 1 is 0.857 bits per heavy atom. The van der Waals surface area contributed by atoms with Gasteiger partial charge in [-0.15, -0.1) is 0 Å². The number of hydrogen-bond acceptors (Lipinski definition) is 5. The fourth-order valence-electron chi connectivity index (χ4n) is 5.36. The van der Waals surface area contributed by atoms with Gasteiger partial charge < -0.3 is 9.47 Å². The van der Waals surface area contributed by atoms with Gasteiger partial charge in [-0.05, 0) is 61.1 Å². The van der Waals surface area contributed by atoms with Crippen LogP contribution < -0.4 is 0 Å². The topological polar surface area (TPSA) is 96.8 Å². The van der Waals surface area contributed by atoms with E-state index in [1.54, 1.807) is 0 Å². The van der Waals surface area contributed by atoms with Crippen LogP contribution in [-0.4, -0.2) is 68.9 Å². The highest BCUT2D eigenvalue weighted by Gasteiger charge is 2.45. The molecule has 0 radical (unpaired) electrons. The Bertz CT molecular complexity index is 1500. The molecule has 1 spiro atoms. The maximum absolute atomic E-state index is 13.3. The third-order valence-electron chi connectivity index (χ3n) is 7.58. The van der Waals surface area contributed by atoms with E-state index in [1.807, 2.05) is 46.8 Å². The molecule has 186 valence electrons. The Morgan fingerprint density at radius 3 is 2.09 bits per heavy atom. The van der Waals surface area contributed by atoms with E-state index < -0.39 is 19.9 Å². The number of para-hydroxylation sites is 1. The molecule has 0 atom stereocenters. The predicted molar refractivity (Wildman–Crippen MR) is 133 cm³/mol. The molecule has 0 saturated carbocycles. The van der Waals surface area contributed by atoms with E-state index in [-0.39, 0.29) is 21.1 Å². The van der Waals surface area contributed by atoms with Crippen LogP contribution in [0, 0.1) is 5.41 Å². The van der Waals surface area contributed by atoms with E-state index in [9.17, 15) is 21.6 Å². The molecular weight excluding hydrogens is 486 g/mol. The third kappa shape index (κ3) is 4.28. The standard InChI is InChI=1S/C25H29N3O5S2/c1-26-22-6-4-3-5-19(22)17-23(26)24(29)27-14-11-25(12-15-27)13-16-28(18-25)35(32,33)21-9-7-20(8-10-21)34(2,30)31/h3-10,17H,11-16,18H2,1-2H3. The maximum atomic E-state index is 13.3. The van der Waals surface area contributed by atoms with Crippen molar-refractivity contribution in [3.8, 4) is 0 Å². The molecule has 3 aromatic rings. The lowest BCUT2D eigenvalue weighted by Crippen LogP contribution is -2.45. The van der Waals surface area contributed by atoms with Crippen LogP contribution in [0.15, 0.2) is 64.4 Å². The number of sulfonamides is 1. The van der Waals surface area contributed by atoms with E-state index in [1.165, 1.54) is 28.6 Å². The lowest BCUT2D eigenvalue weighted by atomic mass is 9.78. The second-order valence-electron chi connectivity index (χ2n) is 9.77. The van der Waals surface area contributed by atoms with E-state index in [0.717, 1.165) is 36.4 Å². The zero-order valence-corrected chi connectivity index (χ0v) is 21.5. The van der Waals surface area contributed by atoms with Gasteiger partial charge in [-0.25, -0.2) is 16.8 Å². The fourth-order valence-corrected chi connectivity index (χ4v) is 7.54. The van der Waals surface area contributed by atoms with Gasteiger partial charge in [0.15, 0.2) is 9.84 Å². The molecule has 0 bridgehead atoms. The molecule has 5 rings (SSSR count). The number of aromatic nitrogens is 1. The molecule has 1 aromatic heterocycles. The minimum Gasteiger partial charge on any atom is -0.340 e. The summed E-state index contributed by atoms with van der Waals surface area (Å²) in [6.07, 6.45) is 3.35. The van der Waals surface area contributed by atoms with Crippen LogP contribution in [0.25, 0.3) is 10.9 Å². The molecule has 3 heterocycles. The predicted octanol–water partition coefficient (Wildman–Crippen LogP) is 2.90. The third-order valence-corrected chi connectivity index (χ3v) is 10.6. The number of nitrogens with zero attached hydrogens (tertiary/aromatic N) is 3. The number of aryl methyl sites for hydroxylation is 1. The summed E-state index contributed by atoms with van der Waals surface area (Å²) < 4.78 is 53.2. The smallest absolute Gasteiger partial charge is 0.270 e. The Balaban J connectivity index is 1.27. The van der Waals surface area contributed by atoms with Gasteiger partial charge in [-0.2, -0.15) is 4.31 Å². The molecule has 0 unspecified atom stereocenters. The molecule has 8 nitrogen and oxygen atoms in total. The van der Waals surface area contributed by atoms with E-state index in [2.05, 4.69) is 0 Å². The number of sulfone groups is 1. The number of likely N-dealkylation sites (tertiary alicyclic amines) is 1. The van der Waals surface area contributed by atoms with Crippen LogP contribution in [0.5, 0.6) is 0 Å². The zero-order chi connectivity index (χ0) is 25.0. The molecule has 0 N–H and O–H groups in total. The second-order valence-corrected chi connectivity index (χ2v) is 13.7. The second kappa shape index (κ2) is 8.46. The summed E-state index contributed by atoms with van der Waals surface area (Å²) in [5, 5.41) is 1.04. The monoisotopic (exact) mass is 515 g/mol. The molecule has 2 aliphatic rings. The molecule has 2 aromatic carbocycles. The molecule has 0 aliphatic carbocycles. The summed E-state index contributed by atoms with van der Waals surface area (Å²) in [6, 6.07) is 15.3. The van der Waals surface area contributed by atoms with Crippen molar-refractivity contribution in [1.82, 2.24) is 13.8 Å². The maximum Gasteiger partial charge on any atom is 0.270 e. The van der Waals surface area contributed by atoms with E-state index >= 15 is 0 Å². The number of carbonyl (C=O) groups excluding carboxylic acids is 1. The number of benzene rings is 2. The van der Waals surface area contributed by atoms with Crippen molar-refractivity contribution in [2.45, 2.75) is 29.1 Å². The lowest BCUT2D eigenvalue weighted by molar-refractivity contribution is 0.0591. The van der Waals surface area contributed by atoms with Crippen molar-refractivity contribution < 1.29 is 21.6 Å². The Morgan fingerprint density at radius 2 is 1.46 bits per heavy atom. The number of hydrogen-bond donors (Lipinski definition) is 0. The minimum absolute atomic E-state index is 0.00647. The summed E-state index contributed by atoms with van der Waals surface area (Å²) in [6.45, 7) is 2.03. The SMILES string of the molecule is Cn1c(C(=O)N2CCC3(CC2)CCN(S(=O)(=O)c2ccc(S(C)(=O)=O)cc2)C3)cc2ccccc21. The normalized spacial score (nSPS) is 19.0. The van der Waals surface area contributed by atoms with Gasteiger partial charge in [0, 0.05) is 50.4 Å². The largest absolute Gasteiger partial charge is 0.340 e. The summed E-state index contributed by atoms with van der Waals surface area (Å²) in [5.41, 5.74) is 1.54. The fraction of sp³-hybridized carbons (Fsp3) is 0.400. The van der Waals surface area contributed by atoms with E-state index in [0.29, 0.717) is 31.9 Å². The van der Waals surface area contributed by atoms with Crippen LogP contribution >= 0.6 is 0 Å². The molecule has 1 amide bonds. The van der Waals surface area contributed by atoms with Gasteiger partial charge in [0.05, 0.1) is 9.79 Å². The summed E-state index contributed by atoms with van der Waals surface area (Å²) >= 11 is 0. The van der Waals surface area contributed by atoms with Gasteiger partial charge in [0.2, 0.25) is 10.0 Å². The first-order valence-electron chi connectivity index (χ1n) is 11.6. The summed E-state index contributed by atoms with van der Waals surface area (Å²) in [5.74, 6) is 0.00647. The van der Waals surface area contributed by atoms with Crippen molar-refractivity contribution in [3.05, 3.63) is 60.3 Å². The first-order chi connectivity index (χ1) is 16.5. The van der Waals surface area contributed by atoms with Crippen LogP contribution in [0.4, 0.5) is 0 Å². The van der Waals surface area contributed by atoms with Gasteiger partial charge in [0.1, 0.15) is 5.69 Å². The minimum atomic E-state index is -3.71. The van der Waals surface area contributed by atoms with Crippen molar-refractivity contribution in [1.29, 1.82) is 0 Å². The van der Waals surface area contributed by atoms with Gasteiger partial charge in [-0.1, -0.05) is 18.2 Å². The quantitative estimate of drug-likeness (QED) is 0.532. The van der Waals surface area contributed by atoms with Crippen molar-refractivity contribution in [3.63, 3.8) is 0 Å². The molecule has 2 saturated heterocycles. The average molecular weight is 516 g/mol. The van der Waals surface area contributed by atoms with Crippen molar-refractivity contribution in [2.24, 2.45) is 12.5 Å². The Hall–Kier alpha value is -2.69. The number of amides is 1.